The molecule has 23 heavy (non-hydrogen) atoms. The molecule has 0 spiro atoms. The molecule has 1 aliphatic carbocycles. The molecule has 1 heterocycles. The minimum Gasteiger partial charge on any atom is -0.393 e. The molecule has 4 nitrogen and oxygen atoms in total. The standard InChI is InChI=1S/C17H16Cl2N2O2/c18-11-4-5-13(14(19)7-11)16(23)21-10-17(8-12(22)9-17)15-3-1-2-6-20-15/h1-7,12,22H,8-10H2,(H,21,23). The van der Waals surface area contributed by atoms with Gasteiger partial charge in [-0.05, 0) is 43.2 Å². The van der Waals surface area contributed by atoms with Crippen LogP contribution in [-0.2, 0) is 5.41 Å². The Morgan fingerprint density at radius 1 is 1.30 bits per heavy atom. The Morgan fingerprint density at radius 2 is 2.09 bits per heavy atom. The Labute approximate surface area is 144 Å². The minimum atomic E-state index is -0.354. The van der Waals surface area contributed by atoms with E-state index < -0.39 is 0 Å². The zero-order chi connectivity index (χ0) is 16.4. The second kappa shape index (κ2) is 6.48. The lowest BCUT2D eigenvalue weighted by atomic mass is 9.64. The van der Waals surface area contributed by atoms with Crippen LogP contribution in [-0.4, -0.2) is 28.6 Å². The monoisotopic (exact) mass is 350 g/mol. The van der Waals surface area contributed by atoms with E-state index in [0.717, 1.165) is 5.69 Å². The van der Waals surface area contributed by atoms with Crippen molar-refractivity contribution in [2.45, 2.75) is 24.4 Å². The summed E-state index contributed by atoms with van der Waals surface area (Å²) in [6.45, 7) is 0.402. The molecule has 0 aliphatic heterocycles. The summed E-state index contributed by atoms with van der Waals surface area (Å²) in [7, 11) is 0. The highest BCUT2D eigenvalue weighted by Crippen LogP contribution is 2.42. The highest BCUT2D eigenvalue weighted by molar-refractivity contribution is 6.36. The molecule has 1 fully saturated rings. The average molecular weight is 351 g/mol. The van der Waals surface area contributed by atoms with Crippen molar-refractivity contribution in [3.8, 4) is 0 Å². The summed E-state index contributed by atoms with van der Waals surface area (Å²) in [5.41, 5.74) is 0.940. The maximum Gasteiger partial charge on any atom is 0.252 e. The second-order valence-corrected chi connectivity index (χ2v) is 6.71. The first kappa shape index (κ1) is 16.2. The van der Waals surface area contributed by atoms with E-state index in [1.54, 1.807) is 24.4 Å². The van der Waals surface area contributed by atoms with Gasteiger partial charge in [-0.2, -0.15) is 0 Å². The summed E-state index contributed by atoms with van der Waals surface area (Å²) >= 11 is 11.9. The van der Waals surface area contributed by atoms with E-state index in [0.29, 0.717) is 35.0 Å². The maximum absolute atomic E-state index is 12.4. The van der Waals surface area contributed by atoms with E-state index in [4.69, 9.17) is 23.2 Å². The van der Waals surface area contributed by atoms with Crippen molar-refractivity contribution in [3.63, 3.8) is 0 Å². The summed E-state index contributed by atoms with van der Waals surface area (Å²) in [4.78, 5) is 16.7. The second-order valence-electron chi connectivity index (χ2n) is 5.86. The number of pyridine rings is 1. The van der Waals surface area contributed by atoms with Crippen LogP contribution in [0, 0.1) is 0 Å². The smallest absolute Gasteiger partial charge is 0.252 e. The molecule has 1 aliphatic rings. The van der Waals surface area contributed by atoms with Crippen LogP contribution in [0.2, 0.25) is 10.0 Å². The van der Waals surface area contributed by atoms with E-state index in [-0.39, 0.29) is 17.4 Å². The number of benzene rings is 1. The number of nitrogens with one attached hydrogen (secondary N) is 1. The highest BCUT2D eigenvalue weighted by atomic mass is 35.5. The Kier molecular flexibility index (Phi) is 4.57. The van der Waals surface area contributed by atoms with Gasteiger partial charge < -0.3 is 10.4 Å². The molecule has 0 radical (unpaired) electrons. The quantitative estimate of drug-likeness (QED) is 0.889. The maximum atomic E-state index is 12.4. The zero-order valence-corrected chi connectivity index (χ0v) is 13.8. The summed E-state index contributed by atoms with van der Waals surface area (Å²) in [6, 6.07) is 10.4. The first-order valence-corrected chi connectivity index (χ1v) is 8.09. The molecule has 0 saturated heterocycles. The first-order valence-electron chi connectivity index (χ1n) is 7.33. The number of nitrogens with zero attached hydrogens (tertiary/aromatic N) is 1. The third-order valence-corrected chi connectivity index (χ3v) is 4.77. The molecule has 2 aromatic rings. The first-order chi connectivity index (χ1) is 11.0. The van der Waals surface area contributed by atoms with Gasteiger partial charge in [0.05, 0.1) is 16.7 Å². The van der Waals surface area contributed by atoms with Crippen molar-refractivity contribution in [1.82, 2.24) is 10.3 Å². The summed E-state index contributed by atoms with van der Waals surface area (Å²) in [6.07, 6.45) is 2.53. The molecule has 1 aromatic heterocycles. The van der Waals surface area contributed by atoms with Crippen LogP contribution in [0.1, 0.15) is 28.9 Å². The summed E-state index contributed by atoms with van der Waals surface area (Å²) in [5, 5.41) is 13.4. The topological polar surface area (TPSA) is 62.2 Å². The van der Waals surface area contributed by atoms with Crippen molar-refractivity contribution in [2.75, 3.05) is 6.54 Å². The van der Waals surface area contributed by atoms with E-state index in [1.165, 1.54) is 0 Å². The van der Waals surface area contributed by atoms with E-state index >= 15 is 0 Å². The summed E-state index contributed by atoms with van der Waals surface area (Å²) in [5.74, 6) is -0.261. The molecule has 6 heteroatoms. The lowest BCUT2D eigenvalue weighted by Gasteiger charge is -2.45. The van der Waals surface area contributed by atoms with Gasteiger partial charge in [0.1, 0.15) is 0 Å². The van der Waals surface area contributed by atoms with Gasteiger partial charge >= 0.3 is 0 Å². The fourth-order valence-electron chi connectivity index (χ4n) is 2.98. The van der Waals surface area contributed by atoms with Gasteiger partial charge in [0.15, 0.2) is 0 Å². The molecule has 120 valence electrons. The number of carbonyl (C=O) groups is 1. The number of aliphatic hydroxyl groups is 1. The van der Waals surface area contributed by atoms with Crippen LogP contribution in [0.5, 0.6) is 0 Å². The third-order valence-electron chi connectivity index (χ3n) is 4.22. The Morgan fingerprint density at radius 3 is 2.70 bits per heavy atom. The molecule has 0 unspecified atom stereocenters. The predicted octanol–water partition coefficient (Wildman–Crippen LogP) is 3.21. The molecule has 3 rings (SSSR count). The molecule has 1 amide bonds. The molecular weight excluding hydrogens is 335 g/mol. The third kappa shape index (κ3) is 3.34. The SMILES string of the molecule is O=C(NCC1(c2ccccn2)CC(O)C1)c1ccc(Cl)cc1Cl. The molecular formula is C17H16Cl2N2O2. The minimum absolute atomic E-state index is 0.261. The number of halogens is 2. The zero-order valence-electron chi connectivity index (χ0n) is 12.3. The van der Waals surface area contributed by atoms with E-state index in [9.17, 15) is 9.90 Å². The molecule has 0 atom stereocenters. The van der Waals surface area contributed by atoms with Crippen molar-refractivity contribution in [2.24, 2.45) is 0 Å². The molecule has 1 saturated carbocycles. The molecule has 2 N–H and O–H groups in total. The Hall–Kier alpha value is -1.62. The number of hydrogen-bond donors (Lipinski definition) is 2. The van der Waals surface area contributed by atoms with E-state index in [2.05, 4.69) is 10.3 Å². The fraction of sp³-hybridized carbons (Fsp3) is 0.294. The van der Waals surface area contributed by atoms with Crippen LogP contribution < -0.4 is 5.32 Å². The summed E-state index contributed by atoms with van der Waals surface area (Å²) < 4.78 is 0. The number of aromatic nitrogens is 1. The number of hydrogen-bond acceptors (Lipinski definition) is 3. The average Bonchev–Trinajstić information content (AvgIpc) is 2.51. The molecule has 0 bridgehead atoms. The van der Waals surface area contributed by atoms with Gasteiger partial charge in [0.2, 0.25) is 0 Å². The van der Waals surface area contributed by atoms with Crippen LogP contribution in [0.4, 0.5) is 0 Å². The van der Waals surface area contributed by atoms with Gasteiger partial charge in [0, 0.05) is 28.9 Å². The number of amides is 1. The lowest BCUT2D eigenvalue weighted by Crippen LogP contribution is -2.52. The molecule has 1 aromatic carbocycles. The van der Waals surface area contributed by atoms with Gasteiger partial charge in [-0.1, -0.05) is 29.3 Å². The van der Waals surface area contributed by atoms with Crippen molar-refractivity contribution in [1.29, 1.82) is 0 Å². The number of aliphatic hydroxyl groups excluding tert-OH is 1. The van der Waals surface area contributed by atoms with Crippen molar-refractivity contribution < 1.29 is 9.90 Å². The van der Waals surface area contributed by atoms with Crippen LogP contribution in [0.3, 0.4) is 0 Å². The lowest BCUT2D eigenvalue weighted by molar-refractivity contribution is 0.0156. The number of carbonyl (C=O) groups excluding carboxylic acids is 1. The van der Waals surface area contributed by atoms with Gasteiger partial charge in [-0.15, -0.1) is 0 Å². The van der Waals surface area contributed by atoms with Crippen LogP contribution in [0.15, 0.2) is 42.6 Å². The van der Waals surface area contributed by atoms with E-state index in [1.807, 2.05) is 18.2 Å². The van der Waals surface area contributed by atoms with Gasteiger partial charge in [-0.25, -0.2) is 0 Å². The fourth-order valence-corrected chi connectivity index (χ4v) is 3.48. The predicted molar refractivity (Wildman–Crippen MR) is 90.0 cm³/mol. The van der Waals surface area contributed by atoms with Crippen molar-refractivity contribution >= 4 is 29.1 Å². The Balaban J connectivity index is 1.74. The normalized spacial score (nSPS) is 23.2. The largest absolute Gasteiger partial charge is 0.393 e. The number of rotatable bonds is 4. The van der Waals surface area contributed by atoms with Gasteiger partial charge in [0.25, 0.3) is 5.91 Å². The van der Waals surface area contributed by atoms with Crippen molar-refractivity contribution in [3.05, 3.63) is 63.9 Å². The van der Waals surface area contributed by atoms with Crippen LogP contribution in [0.25, 0.3) is 0 Å². The van der Waals surface area contributed by atoms with Gasteiger partial charge in [-0.3, -0.25) is 9.78 Å². The highest BCUT2D eigenvalue weighted by Gasteiger charge is 2.46. The Bertz CT molecular complexity index is 716. The van der Waals surface area contributed by atoms with Crippen LogP contribution >= 0.6 is 23.2 Å².